The predicted molar refractivity (Wildman–Crippen MR) is 125 cm³/mol. The molecule has 2 aliphatic carbocycles. The van der Waals surface area contributed by atoms with Crippen molar-refractivity contribution in [3.05, 3.63) is 34.9 Å². The van der Waals surface area contributed by atoms with Crippen LogP contribution in [0.2, 0.25) is 0 Å². The van der Waals surface area contributed by atoms with E-state index in [2.05, 4.69) is 58.1 Å². The molecule has 4 nitrogen and oxygen atoms in total. The van der Waals surface area contributed by atoms with Gasteiger partial charge in [0.05, 0.1) is 5.41 Å². The topological polar surface area (TPSA) is 55.4 Å². The molecular weight excluding hydrogens is 386 g/mol. The maximum Gasteiger partial charge on any atom is 0.325 e. The minimum absolute atomic E-state index is 0.0102. The van der Waals surface area contributed by atoms with Crippen molar-refractivity contribution < 1.29 is 14.3 Å². The van der Waals surface area contributed by atoms with Crippen LogP contribution >= 0.6 is 0 Å². The van der Waals surface area contributed by atoms with Gasteiger partial charge in [0.25, 0.3) is 0 Å². The molecule has 2 aliphatic rings. The number of carbonyl (C=O) groups is 2. The molecule has 1 aromatic carbocycles. The molecule has 172 valence electrons. The van der Waals surface area contributed by atoms with Crippen molar-refractivity contribution in [2.75, 3.05) is 6.54 Å². The van der Waals surface area contributed by atoms with Crippen molar-refractivity contribution in [2.45, 2.75) is 98.0 Å². The van der Waals surface area contributed by atoms with Crippen molar-refractivity contribution in [1.82, 2.24) is 5.32 Å². The van der Waals surface area contributed by atoms with Crippen LogP contribution in [-0.4, -0.2) is 24.0 Å². The molecule has 0 spiro atoms. The van der Waals surface area contributed by atoms with Crippen molar-refractivity contribution in [3.8, 4) is 0 Å². The number of fused-ring (bicyclic) bond motifs is 3. The number of benzene rings is 1. The largest absolute Gasteiger partial charge is 0.459 e. The number of rotatable bonds is 4. The van der Waals surface area contributed by atoms with Crippen molar-refractivity contribution in [2.24, 2.45) is 17.3 Å². The number of ether oxygens (including phenoxy) is 1. The zero-order valence-corrected chi connectivity index (χ0v) is 20.7. The third-order valence-electron chi connectivity index (χ3n) is 8.03. The van der Waals surface area contributed by atoms with Gasteiger partial charge in [-0.15, -0.1) is 0 Å². The Morgan fingerprint density at radius 2 is 1.87 bits per heavy atom. The summed E-state index contributed by atoms with van der Waals surface area (Å²) in [5.74, 6) is 0.640. The Labute approximate surface area is 188 Å². The Morgan fingerprint density at radius 1 is 1.19 bits per heavy atom. The number of hydrogen-bond acceptors (Lipinski definition) is 3. The molecule has 1 fully saturated rings. The lowest BCUT2D eigenvalue weighted by Gasteiger charge is -2.57. The van der Waals surface area contributed by atoms with Crippen LogP contribution in [0.1, 0.15) is 97.3 Å². The van der Waals surface area contributed by atoms with Crippen molar-refractivity contribution >= 4 is 11.9 Å². The van der Waals surface area contributed by atoms with E-state index >= 15 is 0 Å². The molecule has 1 amide bonds. The molecule has 0 radical (unpaired) electrons. The molecule has 1 N–H and O–H groups in total. The summed E-state index contributed by atoms with van der Waals surface area (Å²) in [6, 6.07) is 6.99. The van der Waals surface area contributed by atoms with E-state index in [0.717, 1.165) is 25.7 Å². The third-order valence-corrected chi connectivity index (χ3v) is 8.03. The minimum Gasteiger partial charge on any atom is -0.459 e. The Morgan fingerprint density at radius 3 is 2.48 bits per heavy atom. The van der Waals surface area contributed by atoms with Gasteiger partial charge in [-0.2, -0.15) is 0 Å². The van der Waals surface area contributed by atoms with Crippen LogP contribution in [0.25, 0.3) is 0 Å². The van der Waals surface area contributed by atoms with Crippen molar-refractivity contribution in [1.29, 1.82) is 0 Å². The molecule has 1 aromatic rings. The van der Waals surface area contributed by atoms with Crippen LogP contribution in [-0.2, 0) is 26.2 Å². The van der Waals surface area contributed by atoms with Gasteiger partial charge in [-0.25, -0.2) is 0 Å². The second-order valence-electron chi connectivity index (χ2n) is 11.6. The fourth-order valence-corrected chi connectivity index (χ4v) is 6.08. The highest BCUT2D eigenvalue weighted by atomic mass is 16.6. The maximum absolute atomic E-state index is 13.5. The molecule has 0 unspecified atom stereocenters. The number of hydrogen-bond donors (Lipinski definition) is 1. The standard InChI is InChI=1S/C27H41NO3/c1-17(2)19-9-11-21-20(15-19)10-12-22-26(21,7)14-13-18(3)27(22,8)24(30)28-16-23(29)31-25(4,5)6/h9,11,15,17-18,22H,10,12-14,16H2,1-8H3,(H,28,30)/t18-,22+,26+,27+/m0/s1. The number of amides is 1. The van der Waals surface area contributed by atoms with E-state index in [1.807, 2.05) is 20.8 Å². The second-order valence-corrected chi connectivity index (χ2v) is 11.6. The molecule has 0 heterocycles. The first-order valence-corrected chi connectivity index (χ1v) is 11.9. The number of carbonyl (C=O) groups excluding carboxylic acids is 2. The van der Waals surface area contributed by atoms with Crippen LogP contribution in [0.3, 0.4) is 0 Å². The highest BCUT2D eigenvalue weighted by Crippen LogP contribution is 2.59. The average molecular weight is 428 g/mol. The first-order valence-electron chi connectivity index (χ1n) is 11.9. The van der Waals surface area contributed by atoms with E-state index < -0.39 is 11.0 Å². The Bertz CT molecular complexity index is 853. The lowest BCUT2D eigenvalue weighted by atomic mass is 9.47. The summed E-state index contributed by atoms with van der Waals surface area (Å²) >= 11 is 0. The fourth-order valence-electron chi connectivity index (χ4n) is 6.08. The summed E-state index contributed by atoms with van der Waals surface area (Å²) in [4.78, 5) is 25.7. The van der Waals surface area contributed by atoms with E-state index in [9.17, 15) is 9.59 Å². The summed E-state index contributed by atoms with van der Waals surface area (Å²) in [6.45, 7) is 16.6. The van der Waals surface area contributed by atoms with Crippen LogP contribution in [0, 0.1) is 17.3 Å². The lowest BCUT2D eigenvalue weighted by Crippen LogP contribution is -2.59. The third kappa shape index (κ3) is 4.40. The number of aryl methyl sites for hydroxylation is 1. The van der Waals surface area contributed by atoms with Crippen LogP contribution in [0.15, 0.2) is 18.2 Å². The smallest absolute Gasteiger partial charge is 0.325 e. The van der Waals surface area contributed by atoms with Gasteiger partial charge < -0.3 is 10.1 Å². The monoisotopic (exact) mass is 427 g/mol. The molecule has 4 atom stereocenters. The SMILES string of the molecule is CC(C)c1ccc2c(c1)CC[C@H]1[C@](C)(C(=O)NCC(=O)OC(C)(C)C)[C@@H](C)CC[C@]21C. The Hall–Kier alpha value is -1.84. The summed E-state index contributed by atoms with van der Waals surface area (Å²) in [5.41, 5.74) is 3.19. The van der Waals surface area contributed by atoms with Gasteiger partial charge in [-0.05, 0) is 86.3 Å². The molecule has 0 bridgehead atoms. The van der Waals surface area contributed by atoms with Gasteiger partial charge in [0, 0.05) is 0 Å². The lowest BCUT2D eigenvalue weighted by molar-refractivity contribution is -0.157. The zero-order valence-electron chi connectivity index (χ0n) is 20.7. The summed E-state index contributed by atoms with van der Waals surface area (Å²) in [5, 5.41) is 2.93. The highest BCUT2D eigenvalue weighted by molar-refractivity contribution is 5.87. The summed E-state index contributed by atoms with van der Waals surface area (Å²) < 4.78 is 5.38. The molecule has 31 heavy (non-hydrogen) atoms. The number of esters is 1. The molecule has 0 aromatic heterocycles. The minimum atomic E-state index is -0.551. The summed E-state index contributed by atoms with van der Waals surface area (Å²) in [6.07, 6.45) is 4.13. The molecule has 1 saturated carbocycles. The molecule has 0 aliphatic heterocycles. The molecule has 3 rings (SSSR count). The van der Waals surface area contributed by atoms with E-state index in [1.165, 1.54) is 16.7 Å². The number of nitrogens with one attached hydrogen (secondary N) is 1. The fraction of sp³-hybridized carbons (Fsp3) is 0.704. The van der Waals surface area contributed by atoms with Gasteiger partial charge >= 0.3 is 5.97 Å². The first kappa shape index (κ1) is 23.8. The van der Waals surface area contributed by atoms with Gasteiger partial charge in [0.2, 0.25) is 5.91 Å². The highest BCUT2D eigenvalue weighted by Gasteiger charge is 2.57. The van der Waals surface area contributed by atoms with Crippen LogP contribution in [0.4, 0.5) is 0 Å². The Balaban J connectivity index is 1.86. The van der Waals surface area contributed by atoms with Crippen molar-refractivity contribution in [3.63, 3.8) is 0 Å². The van der Waals surface area contributed by atoms with E-state index in [-0.39, 0.29) is 35.7 Å². The zero-order chi connectivity index (χ0) is 23.2. The maximum atomic E-state index is 13.5. The van der Waals surface area contributed by atoms with Gasteiger partial charge in [0.15, 0.2) is 0 Å². The van der Waals surface area contributed by atoms with E-state index in [4.69, 9.17) is 4.74 Å². The molecular formula is C27H41NO3. The quantitative estimate of drug-likeness (QED) is 0.643. The summed E-state index contributed by atoms with van der Waals surface area (Å²) in [7, 11) is 0. The normalized spacial score (nSPS) is 30.4. The van der Waals surface area contributed by atoms with E-state index in [1.54, 1.807) is 0 Å². The van der Waals surface area contributed by atoms with Gasteiger partial charge in [0.1, 0.15) is 12.1 Å². The Kier molecular flexibility index (Phi) is 6.34. The van der Waals surface area contributed by atoms with Crippen LogP contribution < -0.4 is 5.32 Å². The average Bonchev–Trinajstić information content (AvgIpc) is 2.67. The second kappa shape index (κ2) is 8.26. The molecule has 4 heteroatoms. The first-order chi connectivity index (χ1) is 14.3. The predicted octanol–water partition coefficient (Wildman–Crippen LogP) is 5.52. The van der Waals surface area contributed by atoms with Gasteiger partial charge in [-0.3, -0.25) is 9.59 Å². The van der Waals surface area contributed by atoms with Gasteiger partial charge in [-0.1, -0.05) is 52.8 Å². The molecule has 0 saturated heterocycles. The van der Waals surface area contributed by atoms with Crippen LogP contribution in [0.5, 0.6) is 0 Å². The van der Waals surface area contributed by atoms with E-state index in [0.29, 0.717) is 5.92 Å².